The van der Waals surface area contributed by atoms with Gasteiger partial charge in [0.05, 0.1) is 18.2 Å². The molecular weight excluding hydrogens is 240 g/mol. The summed E-state index contributed by atoms with van der Waals surface area (Å²) < 4.78 is 32.4. The SMILES string of the molecule is NC(CF)(c1ccccc1F)[C@H]1COCC[C@H]1O. The first-order chi connectivity index (χ1) is 8.59. The number of aliphatic hydroxyl groups excluding tert-OH is 1. The monoisotopic (exact) mass is 257 g/mol. The van der Waals surface area contributed by atoms with Gasteiger partial charge in [0.2, 0.25) is 0 Å². The summed E-state index contributed by atoms with van der Waals surface area (Å²) in [6.45, 7) is -0.397. The molecule has 1 aromatic rings. The van der Waals surface area contributed by atoms with Gasteiger partial charge in [-0.2, -0.15) is 0 Å². The Balaban J connectivity index is 2.38. The summed E-state index contributed by atoms with van der Waals surface area (Å²) >= 11 is 0. The summed E-state index contributed by atoms with van der Waals surface area (Å²) in [7, 11) is 0. The minimum atomic E-state index is -1.55. The third kappa shape index (κ3) is 2.25. The number of ether oxygens (including phenoxy) is 1. The normalized spacial score (nSPS) is 27.8. The number of aliphatic hydroxyl groups is 1. The van der Waals surface area contributed by atoms with Crippen LogP contribution in [-0.4, -0.2) is 31.1 Å². The predicted octanol–water partition coefficient (Wildman–Crippen LogP) is 1.35. The van der Waals surface area contributed by atoms with Gasteiger partial charge in [-0.3, -0.25) is 0 Å². The van der Waals surface area contributed by atoms with E-state index in [1.165, 1.54) is 18.2 Å². The first kappa shape index (κ1) is 13.4. The molecule has 1 saturated heterocycles. The Morgan fingerprint density at radius 3 is 2.78 bits per heavy atom. The van der Waals surface area contributed by atoms with Gasteiger partial charge in [0.1, 0.15) is 12.5 Å². The average molecular weight is 257 g/mol. The third-order valence-corrected chi connectivity index (χ3v) is 3.58. The van der Waals surface area contributed by atoms with Gasteiger partial charge in [0.15, 0.2) is 0 Å². The van der Waals surface area contributed by atoms with Crippen LogP contribution in [0.5, 0.6) is 0 Å². The third-order valence-electron chi connectivity index (χ3n) is 3.58. The van der Waals surface area contributed by atoms with Gasteiger partial charge in [0, 0.05) is 18.1 Å². The number of hydrogen-bond donors (Lipinski definition) is 2. The van der Waals surface area contributed by atoms with Crippen LogP contribution in [0.2, 0.25) is 0 Å². The summed E-state index contributed by atoms with van der Waals surface area (Å²) in [5.41, 5.74) is 4.56. The minimum Gasteiger partial charge on any atom is -0.393 e. The fourth-order valence-electron chi connectivity index (χ4n) is 2.43. The molecule has 1 aromatic carbocycles. The van der Waals surface area contributed by atoms with Crippen LogP contribution >= 0.6 is 0 Å². The molecular formula is C13H17F2NO2. The van der Waals surface area contributed by atoms with Gasteiger partial charge >= 0.3 is 0 Å². The highest BCUT2D eigenvalue weighted by Gasteiger charge is 2.44. The Hall–Kier alpha value is -1.04. The fourth-order valence-corrected chi connectivity index (χ4v) is 2.43. The Morgan fingerprint density at radius 2 is 2.17 bits per heavy atom. The smallest absolute Gasteiger partial charge is 0.128 e. The van der Waals surface area contributed by atoms with Crippen molar-refractivity contribution in [3.8, 4) is 0 Å². The second-order valence-electron chi connectivity index (χ2n) is 4.69. The van der Waals surface area contributed by atoms with E-state index in [9.17, 15) is 13.9 Å². The van der Waals surface area contributed by atoms with Crippen molar-refractivity contribution in [2.45, 2.75) is 18.1 Å². The molecule has 0 saturated carbocycles. The van der Waals surface area contributed by atoms with E-state index in [2.05, 4.69) is 0 Å². The number of rotatable bonds is 3. The number of hydrogen-bond acceptors (Lipinski definition) is 3. The highest BCUT2D eigenvalue weighted by Crippen LogP contribution is 2.34. The zero-order valence-corrected chi connectivity index (χ0v) is 9.98. The maximum Gasteiger partial charge on any atom is 0.128 e. The molecule has 1 unspecified atom stereocenters. The lowest BCUT2D eigenvalue weighted by atomic mass is 9.75. The lowest BCUT2D eigenvalue weighted by Gasteiger charge is -2.40. The Kier molecular flexibility index (Phi) is 3.94. The van der Waals surface area contributed by atoms with Crippen molar-refractivity contribution in [2.75, 3.05) is 19.9 Å². The maximum atomic E-state index is 13.8. The van der Waals surface area contributed by atoms with Gasteiger partial charge in [-0.1, -0.05) is 18.2 Å². The maximum absolute atomic E-state index is 13.8. The zero-order valence-electron chi connectivity index (χ0n) is 9.98. The van der Waals surface area contributed by atoms with E-state index in [1.54, 1.807) is 6.07 Å². The minimum absolute atomic E-state index is 0.0852. The largest absolute Gasteiger partial charge is 0.393 e. The molecule has 2 rings (SSSR count). The molecule has 1 fully saturated rings. The van der Waals surface area contributed by atoms with Crippen LogP contribution in [0.3, 0.4) is 0 Å². The quantitative estimate of drug-likeness (QED) is 0.859. The first-order valence-electron chi connectivity index (χ1n) is 5.95. The van der Waals surface area contributed by atoms with E-state index in [-0.39, 0.29) is 12.2 Å². The molecule has 5 heteroatoms. The highest BCUT2D eigenvalue weighted by atomic mass is 19.1. The summed E-state index contributed by atoms with van der Waals surface area (Å²) in [6, 6.07) is 5.82. The van der Waals surface area contributed by atoms with E-state index in [4.69, 9.17) is 10.5 Å². The van der Waals surface area contributed by atoms with Crippen molar-refractivity contribution in [3.63, 3.8) is 0 Å². The number of halogens is 2. The molecule has 3 nitrogen and oxygen atoms in total. The van der Waals surface area contributed by atoms with E-state index >= 15 is 0 Å². The van der Waals surface area contributed by atoms with Gasteiger partial charge in [0.25, 0.3) is 0 Å². The number of benzene rings is 1. The van der Waals surface area contributed by atoms with Crippen molar-refractivity contribution in [1.82, 2.24) is 0 Å². The van der Waals surface area contributed by atoms with Gasteiger partial charge in [-0.05, 0) is 12.5 Å². The molecule has 1 heterocycles. The van der Waals surface area contributed by atoms with Crippen molar-refractivity contribution >= 4 is 0 Å². The molecule has 0 aromatic heterocycles. The van der Waals surface area contributed by atoms with Gasteiger partial charge < -0.3 is 15.6 Å². The van der Waals surface area contributed by atoms with Gasteiger partial charge in [-0.25, -0.2) is 8.78 Å². The molecule has 0 amide bonds. The molecule has 0 aliphatic carbocycles. The highest BCUT2D eigenvalue weighted by molar-refractivity contribution is 5.28. The van der Waals surface area contributed by atoms with Crippen molar-refractivity contribution < 1.29 is 18.6 Å². The Labute approximate surface area is 105 Å². The molecule has 1 aliphatic heterocycles. The molecule has 0 bridgehead atoms. The van der Waals surface area contributed by atoms with Crippen LogP contribution in [0.15, 0.2) is 24.3 Å². The van der Waals surface area contributed by atoms with E-state index in [0.717, 1.165) is 0 Å². The van der Waals surface area contributed by atoms with Crippen molar-refractivity contribution in [3.05, 3.63) is 35.6 Å². The van der Waals surface area contributed by atoms with E-state index in [0.29, 0.717) is 13.0 Å². The Morgan fingerprint density at radius 1 is 1.44 bits per heavy atom. The topological polar surface area (TPSA) is 55.5 Å². The molecule has 18 heavy (non-hydrogen) atoms. The van der Waals surface area contributed by atoms with Crippen LogP contribution in [0.1, 0.15) is 12.0 Å². The second-order valence-corrected chi connectivity index (χ2v) is 4.69. The molecule has 0 spiro atoms. The molecule has 1 aliphatic rings. The Bertz CT molecular complexity index is 416. The van der Waals surface area contributed by atoms with E-state index in [1.807, 2.05) is 0 Å². The van der Waals surface area contributed by atoms with Crippen LogP contribution in [0, 0.1) is 11.7 Å². The van der Waals surface area contributed by atoms with Crippen LogP contribution in [0.4, 0.5) is 8.78 Å². The summed E-state index contributed by atoms with van der Waals surface area (Å²) in [5, 5.41) is 9.94. The van der Waals surface area contributed by atoms with Crippen molar-refractivity contribution in [1.29, 1.82) is 0 Å². The first-order valence-corrected chi connectivity index (χ1v) is 5.95. The number of nitrogens with two attached hydrogens (primary N) is 1. The van der Waals surface area contributed by atoms with Crippen LogP contribution < -0.4 is 5.73 Å². The molecule has 3 atom stereocenters. The van der Waals surface area contributed by atoms with Crippen molar-refractivity contribution in [2.24, 2.45) is 11.7 Å². The van der Waals surface area contributed by atoms with E-state index < -0.39 is 30.1 Å². The summed E-state index contributed by atoms with van der Waals surface area (Å²) in [4.78, 5) is 0. The lowest BCUT2D eigenvalue weighted by Crippen LogP contribution is -2.55. The molecule has 100 valence electrons. The summed E-state index contributed by atoms with van der Waals surface area (Å²) in [6.07, 6.45) is -0.392. The lowest BCUT2D eigenvalue weighted by molar-refractivity contribution is -0.0713. The summed E-state index contributed by atoms with van der Waals surface area (Å²) in [5.74, 6) is -1.21. The second kappa shape index (κ2) is 5.30. The molecule has 0 radical (unpaired) electrons. The van der Waals surface area contributed by atoms with Gasteiger partial charge in [-0.15, -0.1) is 0 Å². The fraction of sp³-hybridized carbons (Fsp3) is 0.538. The number of alkyl halides is 1. The molecule has 3 N–H and O–H groups in total. The average Bonchev–Trinajstić information content (AvgIpc) is 2.39. The van der Waals surface area contributed by atoms with Crippen LogP contribution in [0.25, 0.3) is 0 Å². The predicted molar refractivity (Wildman–Crippen MR) is 63.2 cm³/mol. The van der Waals surface area contributed by atoms with Crippen LogP contribution in [-0.2, 0) is 10.3 Å². The standard InChI is InChI=1S/C13H17F2NO2/c14-8-13(16,9-3-1-2-4-11(9)15)10-7-18-6-5-12(10)17/h1-4,10,12,17H,5-8,16H2/t10-,12+,13?/m0/s1. The zero-order chi connectivity index (χ0) is 13.2.